The van der Waals surface area contributed by atoms with Crippen LogP contribution < -0.4 is 31.1 Å². The number of rotatable bonds is 8. The molecular weight excluding hydrogens is 574 g/mol. The van der Waals surface area contributed by atoms with Gasteiger partial charge in [-0.15, -0.1) is 0 Å². The Bertz CT molecular complexity index is 1940. The zero-order chi connectivity index (χ0) is 30.8. The third-order valence-electron chi connectivity index (χ3n) is 6.96. The summed E-state index contributed by atoms with van der Waals surface area (Å²) in [5.74, 6) is 0.223. The standard InChI is InChI=1S/C32H28ClN3O7/c1-17(24-6-5-7-27(37)35-24)43-21-12-13-22-23(16-21)31(38)36(20-10-8-19(34)9-11-20)30(32(39)42-4)28(22)18-14-25(40-2)29(33)26(15-18)41-3/h5-17H,34H2,1-4H3,(H,35,37). The molecule has 0 radical (unpaired) electrons. The number of carbonyl (C=O) groups excluding carboxylic acids is 1. The number of methoxy groups -OCH3 is 3. The summed E-state index contributed by atoms with van der Waals surface area (Å²) < 4.78 is 23.6. The molecule has 10 nitrogen and oxygen atoms in total. The number of aromatic amines is 1. The van der Waals surface area contributed by atoms with E-state index in [2.05, 4.69) is 4.98 Å². The smallest absolute Gasteiger partial charge is 0.355 e. The molecule has 2 heterocycles. The third kappa shape index (κ3) is 5.52. The lowest BCUT2D eigenvalue weighted by Gasteiger charge is -2.21. The Balaban J connectivity index is 1.85. The number of anilines is 1. The first kappa shape index (κ1) is 29.3. The second-order valence-corrected chi connectivity index (χ2v) is 9.96. The van der Waals surface area contributed by atoms with Crippen LogP contribution in [-0.2, 0) is 4.74 Å². The number of ether oxygens (including phenoxy) is 4. The minimum absolute atomic E-state index is 0.0277. The average Bonchev–Trinajstić information content (AvgIpc) is 3.01. The molecule has 0 spiro atoms. The number of esters is 1. The number of nitrogens with two attached hydrogens (primary N) is 1. The molecule has 0 aliphatic carbocycles. The van der Waals surface area contributed by atoms with Crippen LogP contribution in [0, 0.1) is 0 Å². The van der Waals surface area contributed by atoms with E-state index in [1.165, 1.54) is 32.0 Å². The molecular formula is C32H28ClN3O7. The van der Waals surface area contributed by atoms with Gasteiger partial charge >= 0.3 is 5.97 Å². The maximum absolute atomic E-state index is 14.2. The molecule has 0 aliphatic rings. The van der Waals surface area contributed by atoms with Gasteiger partial charge in [0.25, 0.3) is 5.56 Å². The molecule has 220 valence electrons. The zero-order valence-corrected chi connectivity index (χ0v) is 24.5. The monoisotopic (exact) mass is 601 g/mol. The van der Waals surface area contributed by atoms with Crippen LogP contribution in [0.2, 0.25) is 5.02 Å². The molecule has 1 unspecified atom stereocenters. The van der Waals surface area contributed by atoms with Crippen molar-refractivity contribution in [3.63, 3.8) is 0 Å². The molecule has 43 heavy (non-hydrogen) atoms. The number of nitrogens with one attached hydrogen (secondary N) is 1. The molecule has 0 saturated carbocycles. The highest BCUT2D eigenvalue weighted by Crippen LogP contribution is 2.42. The minimum atomic E-state index is -0.749. The lowest BCUT2D eigenvalue weighted by molar-refractivity contribution is 0.0591. The van der Waals surface area contributed by atoms with Gasteiger partial charge in [0.1, 0.15) is 34.1 Å². The number of nitrogen functional groups attached to an aromatic ring is 1. The quantitative estimate of drug-likeness (QED) is 0.175. The van der Waals surface area contributed by atoms with Crippen LogP contribution in [0.1, 0.15) is 29.2 Å². The van der Waals surface area contributed by atoms with Gasteiger partial charge in [-0.3, -0.25) is 14.2 Å². The largest absolute Gasteiger partial charge is 0.495 e. The maximum Gasteiger partial charge on any atom is 0.355 e. The van der Waals surface area contributed by atoms with Crippen LogP contribution in [0.15, 0.2) is 82.4 Å². The molecule has 5 rings (SSSR count). The van der Waals surface area contributed by atoms with E-state index in [-0.39, 0.29) is 21.7 Å². The number of carbonyl (C=O) groups is 1. The fourth-order valence-corrected chi connectivity index (χ4v) is 5.15. The lowest BCUT2D eigenvalue weighted by atomic mass is 9.95. The Morgan fingerprint density at radius 1 is 0.907 bits per heavy atom. The van der Waals surface area contributed by atoms with Crippen molar-refractivity contribution >= 4 is 34.0 Å². The van der Waals surface area contributed by atoms with Gasteiger partial charge in [-0.25, -0.2) is 4.79 Å². The molecule has 11 heteroatoms. The summed E-state index contributed by atoms with van der Waals surface area (Å²) in [6, 6.07) is 19.6. The van der Waals surface area contributed by atoms with Gasteiger partial charge in [0, 0.05) is 23.0 Å². The van der Waals surface area contributed by atoms with Crippen molar-refractivity contribution in [1.82, 2.24) is 9.55 Å². The molecule has 2 aromatic heterocycles. The first-order chi connectivity index (χ1) is 20.7. The number of aromatic nitrogens is 2. The maximum atomic E-state index is 14.2. The van der Waals surface area contributed by atoms with E-state index >= 15 is 0 Å². The molecule has 0 fully saturated rings. The Labute approximate surface area is 251 Å². The number of pyridine rings is 2. The van der Waals surface area contributed by atoms with Crippen LogP contribution >= 0.6 is 11.6 Å². The van der Waals surface area contributed by atoms with Gasteiger partial charge in [0.2, 0.25) is 5.56 Å². The summed E-state index contributed by atoms with van der Waals surface area (Å²) >= 11 is 6.47. The molecule has 3 N–H and O–H groups in total. The van der Waals surface area contributed by atoms with Gasteiger partial charge in [-0.2, -0.15) is 0 Å². The van der Waals surface area contributed by atoms with Crippen molar-refractivity contribution in [2.24, 2.45) is 0 Å². The van der Waals surface area contributed by atoms with Gasteiger partial charge in [-0.1, -0.05) is 17.7 Å². The molecule has 0 aliphatic heterocycles. The summed E-state index contributed by atoms with van der Waals surface area (Å²) in [6.45, 7) is 1.78. The fraction of sp³-hybridized carbons (Fsp3) is 0.156. The van der Waals surface area contributed by atoms with E-state index in [1.54, 1.807) is 73.7 Å². The van der Waals surface area contributed by atoms with Crippen LogP contribution in [0.5, 0.6) is 17.2 Å². The van der Waals surface area contributed by atoms with E-state index in [4.69, 9.17) is 36.3 Å². The summed E-state index contributed by atoms with van der Waals surface area (Å²) in [7, 11) is 4.16. The number of hydrogen-bond donors (Lipinski definition) is 2. The fourth-order valence-electron chi connectivity index (χ4n) is 4.89. The first-order valence-electron chi connectivity index (χ1n) is 13.1. The Morgan fingerprint density at radius 2 is 1.58 bits per heavy atom. The molecule has 0 saturated heterocycles. The van der Waals surface area contributed by atoms with Gasteiger partial charge in [0.05, 0.1) is 32.4 Å². The highest BCUT2D eigenvalue weighted by molar-refractivity contribution is 6.33. The van der Waals surface area contributed by atoms with E-state index < -0.39 is 17.6 Å². The van der Waals surface area contributed by atoms with E-state index in [0.717, 1.165) is 0 Å². The summed E-state index contributed by atoms with van der Waals surface area (Å²) in [4.78, 5) is 42.3. The van der Waals surface area contributed by atoms with E-state index in [9.17, 15) is 14.4 Å². The van der Waals surface area contributed by atoms with Crippen LogP contribution in [0.3, 0.4) is 0 Å². The van der Waals surface area contributed by atoms with Crippen molar-refractivity contribution in [3.05, 3.63) is 110 Å². The SMILES string of the molecule is COC(=O)c1c(-c2cc(OC)c(Cl)c(OC)c2)c2ccc(OC(C)c3cccc(=O)[nH]3)cc2c(=O)n1-c1ccc(N)cc1. The first-order valence-corrected chi connectivity index (χ1v) is 13.5. The zero-order valence-electron chi connectivity index (χ0n) is 23.8. The Morgan fingerprint density at radius 3 is 2.19 bits per heavy atom. The average molecular weight is 602 g/mol. The van der Waals surface area contributed by atoms with Crippen molar-refractivity contribution in [2.75, 3.05) is 27.1 Å². The number of H-pyrrole nitrogens is 1. The summed E-state index contributed by atoms with van der Waals surface area (Å²) in [6.07, 6.45) is -0.538. The molecule has 0 amide bonds. The predicted octanol–water partition coefficient (Wildman–Crippen LogP) is 5.53. The summed E-state index contributed by atoms with van der Waals surface area (Å²) in [5.41, 5.74) is 7.43. The normalized spacial score (nSPS) is 11.7. The summed E-state index contributed by atoms with van der Waals surface area (Å²) in [5, 5.41) is 0.934. The highest BCUT2D eigenvalue weighted by atomic mass is 35.5. The molecule has 5 aromatic rings. The van der Waals surface area contributed by atoms with Gasteiger partial charge in [-0.05, 0) is 78.5 Å². The van der Waals surface area contributed by atoms with E-state index in [1.807, 2.05) is 0 Å². The van der Waals surface area contributed by atoms with Crippen molar-refractivity contribution < 1.29 is 23.7 Å². The van der Waals surface area contributed by atoms with Crippen LogP contribution in [0.25, 0.3) is 27.6 Å². The Kier molecular flexibility index (Phi) is 8.13. The number of nitrogens with zero attached hydrogens (tertiary/aromatic N) is 1. The van der Waals surface area contributed by atoms with Crippen molar-refractivity contribution in [3.8, 4) is 34.1 Å². The van der Waals surface area contributed by atoms with Gasteiger partial charge < -0.3 is 29.7 Å². The topological polar surface area (TPSA) is 135 Å². The second-order valence-electron chi connectivity index (χ2n) is 9.58. The van der Waals surface area contributed by atoms with E-state index in [0.29, 0.717) is 50.8 Å². The number of fused-ring (bicyclic) bond motifs is 1. The van der Waals surface area contributed by atoms with Crippen LogP contribution in [-0.4, -0.2) is 36.8 Å². The predicted molar refractivity (Wildman–Crippen MR) is 165 cm³/mol. The van der Waals surface area contributed by atoms with Crippen LogP contribution in [0.4, 0.5) is 5.69 Å². The third-order valence-corrected chi connectivity index (χ3v) is 7.33. The molecule has 3 aromatic carbocycles. The molecule has 1 atom stereocenters. The minimum Gasteiger partial charge on any atom is -0.495 e. The number of hydrogen-bond acceptors (Lipinski definition) is 8. The number of halogens is 1. The molecule has 0 bridgehead atoms. The highest BCUT2D eigenvalue weighted by Gasteiger charge is 2.27. The lowest BCUT2D eigenvalue weighted by Crippen LogP contribution is -2.27. The van der Waals surface area contributed by atoms with Crippen molar-refractivity contribution in [2.45, 2.75) is 13.0 Å². The second kappa shape index (κ2) is 11.9. The van der Waals surface area contributed by atoms with Crippen molar-refractivity contribution in [1.29, 1.82) is 0 Å². The Hall–Kier alpha value is -5.22. The number of benzene rings is 3. The van der Waals surface area contributed by atoms with Gasteiger partial charge in [0.15, 0.2) is 0 Å².